The molecule has 0 saturated carbocycles. The van der Waals surface area contributed by atoms with Gasteiger partial charge in [-0.1, -0.05) is 5.57 Å². The number of aliphatic carboxylic acids is 1. The fourth-order valence-electron chi connectivity index (χ4n) is 1.02. The molecule has 0 aromatic rings. The molecule has 138 valence electrons. The average molecular weight is 362 g/mol. The summed E-state index contributed by atoms with van der Waals surface area (Å²) in [4.78, 5) is 26.8. The van der Waals surface area contributed by atoms with Crippen molar-refractivity contribution in [3.63, 3.8) is 0 Å². The van der Waals surface area contributed by atoms with Gasteiger partial charge in [0.05, 0.1) is 6.61 Å². The maximum atomic E-state index is 10.2. The Kier molecular flexibility index (Phi) is 12.3. The first kappa shape index (κ1) is 24.4. The van der Waals surface area contributed by atoms with E-state index in [4.69, 9.17) is 40.4 Å². The van der Waals surface area contributed by atoms with Crippen molar-refractivity contribution < 1.29 is 54.3 Å². The number of carbonyl (C=O) groups is 1. The lowest BCUT2D eigenvalue weighted by atomic mass is 10.0. The van der Waals surface area contributed by atoms with Crippen LogP contribution in [0.5, 0.6) is 0 Å². The molecule has 8 N–H and O–H groups in total. The molecule has 23 heavy (non-hydrogen) atoms. The van der Waals surface area contributed by atoms with Crippen LogP contribution in [0.15, 0.2) is 12.2 Å². The van der Waals surface area contributed by atoms with Gasteiger partial charge in [-0.05, 0) is 13.3 Å². The number of carboxylic acids is 1. The summed E-state index contributed by atoms with van der Waals surface area (Å²) in [6.07, 6.45) is -7.98. The zero-order valence-corrected chi connectivity index (χ0v) is 13.3. The highest BCUT2D eigenvalue weighted by atomic mass is 31.2. The fraction of sp³-hybridized carbons (Fsp3) is 0.727. The maximum Gasteiger partial charge on any atom is 0.469 e. The molecule has 12 heteroatoms. The summed E-state index contributed by atoms with van der Waals surface area (Å²) >= 11 is 0. The Morgan fingerprint density at radius 2 is 1.65 bits per heavy atom. The Bertz CT molecular complexity index is 407. The van der Waals surface area contributed by atoms with E-state index < -0.39 is 44.8 Å². The number of phosphoric acid groups is 1. The lowest BCUT2D eigenvalue weighted by Gasteiger charge is -2.24. The monoisotopic (exact) mass is 362 g/mol. The van der Waals surface area contributed by atoms with E-state index in [1.807, 2.05) is 6.92 Å². The minimum absolute atomic E-state index is 0.231. The van der Waals surface area contributed by atoms with Gasteiger partial charge in [0.1, 0.15) is 18.3 Å². The third-order valence-electron chi connectivity index (χ3n) is 2.27. The van der Waals surface area contributed by atoms with Crippen molar-refractivity contribution in [3.05, 3.63) is 12.2 Å². The first-order valence-corrected chi connectivity index (χ1v) is 7.76. The van der Waals surface area contributed by atoms with E-state index in [9.17, 15) is 9.36 Å². The third kappa shape index (κ3) is 13.3. The first-order valence-electron chi connectivity index (χ1n) is 6.23. The molecule has 0 aromatic heterocycles. The molecule has 0 aliphatic carbocycles. The van der Waals surface area contributed by atoms with Crippen LogP contribution in [0.4, 0.5) is 0 Å². The summed E-state index contributed by atoms with van der Waals surface area (Å²) in [5.74, 6) is -1.83. The van der Waals surface area contributed by atoms with Gasteiger partial charge in [-0.15, -0.1) is 6.58 Å². The second-order valence-corrected chi connectivity index (χ2v) is 5.79. The van der Waals surface area contributed by atoms with E-state index in [0.717, 1.165) is 12.0 Å². The molecule has 4 atom stereocenters. The SMILES string of the molecule is C=C(C)CCO.O=C(O)C(O)C(O)C(O)C(O)COP(=O)(O)O. The van der Waals surface area contributed by atoms with Crippen LogP contribution in [0.3, 0.4) is 0 Å². The van der Waals surface area contributed by atoms with E-state index in [2.05, 4.69) is 11.1 Å². The Hall–Kier alpha value is -0.880. The number of hydrogen-bond donors (Lipinski definition) is 8. The summed E-state index contributed by atoms with van der Waals surface area (Å²) < 4.78 is 14.1. The quantitative estimate of drug-likeness (QED) is 0.160. The van der Waals surface area contributed by atoms with Crippen LogP contribution in [0, 0.1) is 0 Å². The second-order valence-electron chi connectivity index (χ2n) is 4.55. The summed E-state index contributed by atoms with van der Waals surface area (Å²) in [7, 11) is -4.86. The minimum Gasteiger partial charge on any atom is -0.479 e. The minimum atomic E-state index is -4.86. The largest absolute Gasteiger partial charge is 0.479 e. The zero-order valence-electron chi connectivity index (χ0n) is 12.4. The van der Waals surface area contributed by atoms with Crippen LogP contribution < -0.4 is 0 Å². The molecule has 0 rings (SSSR count). The summed E-state index contributed by atoms with van der Waals surface area (Å²) in [6.45, 7) is 4.67. The Labute approximate surface area is 132 Å². The Morgan fingerprint density at radius 1 is 1.17 bits per heavy atom. The van der Waals surface area contributed by atoms with Gasteiger partial charge in [0.2, 0.25) is 0 Å². The van der Waals surface area contributed by atoms with Crippen molar-refractivity contribution in [3.8, 4) is 0 Å². The van der Waals surface area contributed by atoms with Gasteiger partial charge in [-0.3, -0.25) is 4.52 Å². The van der Waals surface area contributed by atoms with E-state index >= 15 is 0 Å². The fourth-order valence-corrected chi connectivity index (χ4v) is 1.37. The number of carboxylic acid groups (broad SMARTS) is 1. The molecular formula is C11H23O11P. The normalized spacial score (nSPS) is 16.5. The lowest BCUT2D eigenvalue weighted by Crippen LogP contribution is -2.48. The van der Waals surface area contributed by atoms with Gasteiger partial charge in [0, 0.05) is 6.61 Å². The van der Waals surface area contributed by atoms with Gasteiger partial charge in [-0.2, -0.15) is 0 Å². The summed E-state index contributed by atoms with van der Waals surface area (Å²) in [5.41, 5.74) is 1.04. The second kappa shape index (κ2) is 11.6. The molecule has 0 spiro atoms. The molecule has 0 saturated heterocycles. The van der Waals surface area contributed by atoms with E-state index in [1.165, 1.54) is 0 Å². The zero-order chi connectivity index (χ0) is 18.8. The van der Waals surface area contributed by atoms with Crippen LogP contribution in [0.25, 0.3) is 0 Å². The van der Waals surface area contributed by atoms with Crippen LogP contribution in [0.1, 0.15) is 13.3 Å². The molecule has 11 nitrogen and oxygen atoms in total. The highest BCUT2D eigenvalue weighted by Gasteiger charge is 2.35. The molecule has 0 fully saturated rings. The average Bonchev–Trinajstić information content (AvgIpc) is 2.41. The number of aliphatic hydroxyl groups excluding tert-OH is 5. The van der Waals surface area contributed by atoms with Crippen molar-refractivity contribution in [2.75, 3.05) is 13.2 Å². The third-order valence-corrected chi connectivity index (χ3v) is 2.76. The van der Waals surface area contributed by atoms with Crippen LogP contribution in [0.2, 0.25) is 0 Å². The lowest BCUT2D eigenvalue weighted by molar-refractivity contribution is -0.164. The van der Waals surface area contributed by atoms with Crippen molar-refractivity contribution in [1.29, 1.82) is 0 Å². The van der Waals surface area contributed by atoms with Crippen LogP contribution in [-0.2, 0) is 13.9 Å². The molecule has 0 heterocycles. The van der Waals surface area contributed by atoms with Gasteiger partial charge in [0.25, 0.3) is 0 Å². The highest BCUT2D eigenvalue weighted by molar-refractivity contribution is 7.46. The van der Waals surface area contributed by atoms with E-state index in [0.29, 0.717) is 0 Å². The van der Waals surface area contributed by atoms with Crippen LogP contribution >= 0.6 is 7.82 Å². The Balaban J connectivity index is 0. The summed E-state index contributed by atoms with van der Waals surface area (Å²) in [5, 5.41) is 52.6. The molecular weight excluding hydrogens is 339 g/mol. The molecule has 0 aliphatic rings. The highest BCUT2D eigenvalue weighted by Crippen LogP contribution is 2.35. The summed E-state index contributed by atoms with van der Waals surface area (Å²) in [6, 6.07) is 0. The molecule has 0 bridgehead atoms. The smallest absolute Gasteiger partial charge is 0.469 e. The van der Waals surface area contributed by atoms with Crippen LogP contribution in [-0.4, -0.2) is 84.0 Å². The van der Waals surface area contributed by atoms with Crippen molar-refractivity contribution in [2.24, 2.45) is 0 Å². The predicted octanol–water partition coefficient (Wildman–Crippen LogP) is -2.43. The molecule has 0 radical (unpaired) electrons. The van der Waals surface area contributed by atoms with Crippen molar-refractivity contribution >= 4 is 13.8 Å². The van der Waals surface area contributed by atoms with Crippen molar-refractivity contribution in [2.45, 2.75) is 37.8 Å². The Morgan fingerprint density at radius 3 is 1.91 bits per heavy atom. The molecule has 0 aliphatic heterocycles. The maximum absolute atomic E-state index is 10.2. The van der Waals surface area contributed by atoms with E-state index in [-0.39, 0.29) is 6.61 Å². The number of rotatable bonds is 9. The number of phosphoric ester groups is 1. The predicted molar refractivity (Wildman–Crippen MR) is 76.2 cm³/mol. The number of aliphatic hydroxyl groups is 5. The number of hydrogen-bond acceptors (Lipinski definition) is 8. The van der Waals surface area contributed by atoms with E-state index in [1.54, 1.807) is 0 Å². The topological polar surface area (TPSA) is 205 Å². The van der Waals surface area contributed by atoms with Crippen molar-refractivity contribution in [1.82, 2.24) is 0 Å². The molecule has 4 unspecified atom stereocenters. The van der Waals surface area contributed by atoms with Gasteiger partial charge in [-0.25, -0.2) is 9.36 Å². The first-order chi connectivity index (χ1) is 10.3. The molecule has 0 aromatic carbocycles. The standard InChI is InChI=1S/C6H13O10P.C5H10O/c7-2(1-16-17(13,14)15)3(8)4(9)5(10)6(11)12;1-5(2)3-4-6/h2-5,7-10H,1H2,(H,11,12)(H2,13,14,15);6H,1,3-4H2,2H3. The van der Waals surface area contributed by atoms with Gasteiger partial charge >= 0.3 is 13.8 Å². The van der Waals surface area contributed by atoms with Gasteiger partial charge < -0.3 is 40.4 Å². The van der Waals surface area contributed by atoms with Gasteiger partial charge in [0.15, 0.2) is 6.10 Å². The molecule has 0 amide bonds.